The number of alkyl halides is 3. The fraction of sp³-hybridized carbons (Fsp3) is 0.438. The van der Waals surface area contributed by atoms with Crippen molar-refractivity contribution < 1.29 is 21.6 Å². The molecule has 0 bridgehead atoms. The summed E-state index contributed by atoms with van der Waals surface area (Å²) in [4.78, 5) is 7.95. The highest BCUT2D eigenvalue weighted by Gasteiger charge is 2.30. The van der Waals surface area contributed by atoms with Crippen LogP contribution in [0.25, 0.3) is 10.4 Å². The lowest BCUT2D eigenvalue weighted by atomic mass is 10.2. The zero-order chi connectivity index (χ0) is 18.9. The number of thiazole rings is 1. The van der Waals surface area contributed by atoms with Gasteiger partial charge in [-0.15, -0.1) is 0 Å². The zero-order valence-electron chi connectivity index (χ0n) is 14.0. The van der Waals surface area contributed by atoms with E-state index in [1.165, 1.54) is 18.4 Å². The SMILES string of the molecule is CN(CC(F)(F)F)c1ncc(-c2ccc(N3CCS(=O)(=O)CC3)cc2)s1. The standard InChI is InChI=1S/C16H18F3N3O2S2/c1-21(11-16(17,18)19)15-20-10-14(25-15)12-2-4-13(5-3-12)22-6-8-26(23,24)9-7-22/h2-5,10H,6-9,11H2,1H3. The molecule has 0 radical (unpaired) electrons. The summed E-state index contributed by atoms with van der Waals surface area (Å²) in [6.45, 7) is -0.111. The van der Waals surface area contributed by atoms with Crippen molar-refractivity contribution in [3.63, 3.8) is 0 Å². The molecule has 0 atom stereocenters. The van der Waals surface area contributed by atoms with Crippen molar-refractivity contribution in [1.29, 1.82) is 0 Å². The van der Waals surface area contributed by atoms with E-state index in [0.717, 1.165) is 21.0 Å². The zero-order valence-corrected chi connectivity index (χ0v) is 15.7. The second-order valence-electron chi connectivity index (χ2n) is 6.16. The number of halogens is 3. The minimum absolute atomic E-state index is 0.151. The molecule has 1 aliphatic rings. The number of nitrogens with zero attached hydrogens (tertiary/aromatic N) is 3. The molecule has 1 aliphatic heterocycles. The molecule has 5 nitrogen and oxygen atoms in total. The van der Waals surface area contributed by atoms with Gasteiger partial charge in [-0.25, -0.2) is 13.4 Å². The minimum atomic E-state index is -4.27. The van der Waals surface area contributed by atoms with Gasteiger partial charge in [0.05, 0.1) is 16.4 Å². The molecule has 1 fully saturated rings. The van der Waals surface area contributed by atoms with E-state index < -0.39 is 22.6 Å². The van der Waals surface area contributed by atoms with Crippen LogP contribution in [0, 0.1) is 0 Å². The Kier molecular flexibility index (Phi) is 5.16. The Morgan fingerprint density at radius 2 is 1.81 bits per heavy atom. The number of sulfone groups is 1. The van der Waals surface area contributed by atoms with Gasteiger partial charge in [-0.2, -0.15) is 13.2 Å². The summed E-state index contributed by atoms with van der Waals surface area (Å²) in [5.74, 6) is 0.303. The highest BCUT2D eigenvalue weighted by atomic mass is 32.2. The molecule has 142 valence electrons. The first-order valence-electron chi connectivity index (χ1n) is 7.92. The molecule has 1 saturated heterocycles. The molecule has 0 unspecified atom stereocenters. The van der Waals surface area contributed by atoms with Gasteiger partial charge >= 0.3 is 6.18 Å². The van der Waals surface area contributed by atoms with E-state index in [4.69, 9.17) is 0 Å². The van der Waals surface area contributed by atoms with E-state index in [1.807, 2.05) is 29.2 Å². The predicted molar refractivity (Wildman–Crippen MR) is 97.7 cm³/mol. The summed E-state index contributed by atoms with van der Waals surface area (Å²) < 4.78 is 60.5. The van der Waals surface area contributed by atoms with E-state index >= 15 is 0 Å². The molecule has 0 saturated carbocycles. The molecular formula is C16H18F3N3O2S2. The predicted octanol–water partition coefficient (Wildman–Crippen LogP) is 3.04. The largest absolute Gasteiger partial charge is 0.405 e. The molecule has 0 spiro atoms. The van der Waals surface area contributed by atoms with Crippen molar-refractivity contribution in [2.45, 2.75) is 6.18 Å². The third-order valence-electron chi connectivity index (χ3n) is 4.10. The average Bonchev–Trinajstić information content (AvgIpc) is 3.04. The summed E-state index contributed by atoms with van der Waals surface area (Å²) in [6, 6.07) is 7.54. The molecule has 2 aromatic rings. The van der Waals surface area contributed by atoms with Crippen LogP contribution in [0.4, 0.5) is 24.0 Å². The first-order valence-corrected chi connectivity index (χ1v) is 10.6. The Bertz CT molecular complexity index is 850. The Balaban J connectivity index is 1.69. The summed E-state index contributed by atoms with van der Waals surface area (Å²) >= 11 is 1.20. The number of rotatable bonds is 4. The Morgan fingerprint density at radius 3 is 2.38 bits per heavy atom. The van der Waals surface area contributed by atoms with Gasteiger partial charge in [0.2, 0.25) is 0 Å². The van der Waals surface area contributed by atoms with Crippen molar-refractivity contribution in [1.82, 2.24) is 4.98 Å². The topological polar surface area (TPSA) is 53.5 Å². The first kappa shape index (κ1) is 19.0. The Hall–Kier alpha value is -1.81. The van der Waals surface area contributed by atoms with Gasteiger partial charge in [-0.1, -0.05) is 23.5 Å². The monoisotopic (exact) mass is 405 g/mol. The molecule has 26 heavy (non-hydrogen) atoms. The summed E-state index contributed by atoms with van der Waals surface area (Å²) in [7, 11) is -1.56. The highest BCUT2D eigenvalue weighted by molar-refractivity contribution is 7.91. The van der Waals surface area contributed by atoms with Crippen LogP contribution in [0.3, 0.4) is 0 Å². The molecule has 3 rings (SSSR count). The minimum Gasteiger partial charge on any atom is -0.369 e. The maximum Gasteiger partial charge on any atom is 0.405 e. The van der Waals surface area contributed by atoms with Crippen molar-refractivity contribution in [3.8, 4) is 10.4 Å². The molecule has 0 amide bonds. The number of anilines is 2. The van der Waals surface area contributed by atoms with Gasteiger partial charge in [-0.3, -0.25) is 0 Å². The van der Waals surface area contributed by atoms with Gasteiger partial charge in [0.15, 0.2) is 15.0 Å². The number of benzene rings is 1. The van der Waals surface area contributed by atoms with E-state index in [2.05, 4.69) is 4.98 Å². The molecule has 1 aromatic heterocycles. The Labute approximate surface area is 154 Å². The van der Waals surface area contributed by atoms with Crippen molar-refractivity contribution >= 4 is 32.0 Å². The van der Waals surface area contributed by atoms with Crippen LogP contribution in [0.2, 0.25) is 0 Å². The van der Waals surface area contributed by atoms with Crippen LogP contribution in [-0.4, -0.2) is 57.8 Å². The lowest BCUT2D eigenvalue weighted by molar-refractivity contribution is -0.119. The fourth-order valence-electron chi connectivity index (χ4n) is 2.72. The summed E-state index contributed by atoms with van der Waals surface area (Å²) in [5.41, 5.74) is 1.80. The second kappa shape index (κ2) is 7.07. The van der Waals surface area contributed by atoms with Gasteiger partial charge < -0.3 is 9.80 Å². The summed E-state index contributed by atoms with van der Waals surface area (Å²) in [6.07, 6.45) is -2.71. The molecular weight excluding hydrogens is 387 g/mol. The lowest BCUT2D eigenvalue weighted by Crippen LogP contribution is -2.40. The van der Waals surface area contributed by atoms with Crippen LogP contribution in [0.15, 0.2) is 30.5 Å². The Morgan fingerprint density at radius 1 is 1.19 bits per heavy atom. The van der Waals surface area contributed by atoms with Crippen LogP contribution in [0.5, 0.6) is 0 Å². The molecule has 10 heteroatoms. The average molecular weight is 405 g/mol. The van der Waals surface area contributed by atoms with Crippen LogP contribution in [0.1, 0.15) is 0 Å². The molecule has 2 heterocycles. The normalized spacial score (nSPS) is 17.3. The summed E-state index contributed by atoms with van der Waals surface area (Å²) in [5, 5.41) is 0.308. The van der Waals surface area contributed by atoms with E-state index in [9.17, 15) is 21.6 Å². The molecule has 1 aromatic carbocycles. The van der Waals surface area contributed by atoms with E-state index in [1.54, 1.807) is 6.20 Å². The van der Waals surface area contributed by atoms with Crippen molar-refractivity contribution in [2.75, 3.05) is 48.0 Å². The van der Waals surface area contributed by atoms with Crippen molar-refractivity contribution in [2.24, 2.45) is 0 Å². The van der Waals surface area contributed by atoms with Gasteiger partial charge in [0, 0.05) is 32.0 Å². The maximum absolute atomic E-state index is 12.5. The van der Waals surface area contributed by atoms with Gasteiger partial charge in [-0.05, 0) is 17.7 Å². The smallest absolute Gasteiger partial charge is 0.369 e. The number of aromatic nitrogens is 1. The first-order chi connectivity index (χ1) is 12.1. The number of hydrogen-bond acceptors (Lipinski definition) is 6. The van der Waals surface area contributed by atoms with Gasteiger partial charge in [0.25, 0.3) is 0 Å². The third-order valence-corrected chi connectivity index (χ3v) is 6.87. The third kappa shape index (κ3) is 4.67. The maximum atomic E-state index is 12.5. The van der Waals surface area contributed by atoms with Crippen LogP contribution >= 0.6 is 11.3 Å². The quantitative estimate of drug-likeness (QED) is 0.783. The fourth-order valence-corrected chi connectivity index (χ4v) is 4.80. The van der Waals surface area contributed by atoms with Crippen LogP contribution in [-0.2, 0) is 9.84 Å². The van der Waals surface area contributed by atoms with Gasteiger partial charge in [0.1, 0.15) is 6.54 Å². The lowest BCUT2D eigenvalue weighted by Gasteiger charge is -2.28. The number of hydrogen-bond donors (Lipinski definition) is 0. The second-order valence-corrected chi connectivity index (χ2v) is 9.48. The molecule has 0 aliphatic carbocycles. The molecule has 0 N–H and O–H groups in total. The highest BCUT2D eigenvalue weighted by Crippen LogP contribution is 2.33. The van der Waals surface area contributed by atoms with Crippen LogP contribution < -0.4 is 9.80 Å². The van der Waals surface area contributed by atoms with E-state index in [0.29, 0.717) is 18.2 Å². The van der Waals surface area contributed by atoms with Crippen molar-refractivity contribution in [3.05, 3.63) is 30.5 Å². The van der Waals surface area contributed by atoms with E-state index in [-0.39, 0.29) is 11.5 Å².